The van der Waals surface area contributed by atoms with Gasteiger partial charge in [0.1, 0.15) is 5.60 Å². The van der Waals surface area contributed by atoms with Gasteiger partial charge >= 0.3 is 0 Å². The van der Waals surface area contributed by atoms with Crippen molar-refractivity contribution in [3.05, 3.63) is 69.8 Å². The first-order valence-electron chi connectivity index (χ1n) is 16.8. The van der Waals surface area contributed by atoms with Gasteiger partial charge in [0.05, 0.1) is 118 Å². The minimum atomic E-state index is -0.609. The lowest BCUT2D eigenvalue weighted by Gasteiger charge is -2.60. The fourth-order valence-electron chi connectivity index (χ4n) is 6.48. The highest BCUT2D eigenvalue weighted by atomic mass is 16.6. The van der Waals surface area contributed by atoms with E-state index in [1.807, 2.05) is 0 Å². The quantitative estimate of drug-likeness (QED) is 0.416. The molecule has 0 N–H and O–H groups in total. The summed E-state index contributed by atoms with van der Waals surface area (Å²) in [4.78, 5) is 0. The van der Waals surface area contributed by atoms with Crippen molar-refractivity contribution in [3.8, 4) is 0 Å². The lowest BCUT2D eigenvalue weighted by molar-refractivity contribution is -0.0943. The van der Waals surface area contributed by atoms with E-state index in [0.29, 0.717) is 126 Å². The van der Waals surface area contributed by atoms with Crippen LogP contribution >= 0.6 is 0 Å². The minimum absolute atomic E-state index is 0.416. The number of hydrogen-bond acceptors (Lipinski definition) is 10. The van der Waals surface area contributed by atoms with Gasteiger partial charge in [-0.1, -0.05) is 41.5 Å². The lowest BCUT2D eigenvalue weighted by Crippen LogP contribution is -2.65. The Hall–Kier alpha value is -1.96. The molecule has 1 aliphatic heterocycles. The maximum absolute atomic E-state index is 6.89. The molecule has 256 valence electrons. The zero-order chi connectivity index (χ0) is 31.9. The first-order valence-corrected chi connectivity index (χ1v) is 16.8. The molecule has 5 aliphatic rings. The fourth-order valence-corrected chi connectivity index (χ4v) is 6.48. The smallest absolute Gasteiger partial charge is 0.134 e. The van der Waals surface area contributed by atoms with Crippen LogP contribution in [0.2, 0.25) is 0 Å². The van der Waals surface area contributed by atoms with Gasteiger partial charge in [0, 0.05) is 13.2 Å². The first-order chi connectivity index (χ1) is 22.7. The largest absolute Gasteiger partial charge is 0.379 e. The standard InChI is InChI=1S/C36H52O10/c1-29-22-31-26-32(23-29)35(31)28-45-19-18-43-15-14-41-12-10-39-8-6-37-4-3-5-38-7-9-40-11-13-42-16-17-44-20-21-46-36(35)33-24-30(2)25-34(36)27-33/h22-27H,3-21,28H2,1-2H3. The second kappa shape index (κ2) is 18.5. The molecule has 1 aromatic rings. The zero-order valence-electron chi connectivity index (χ0n) is 27.7. The molecule has 4 aliphatic carbocycles. The maximum Gasteiger partial charge on any atom is 0.134 e. The minimum Gasteiger partial charge on any atom is -0.379 e. The van der Waals surface area contributed by atoms with Crippen LogP contribution in [-0.4, -0.2) is 131 Å². The van der Waals surface area contributed by atoms with Gasteiger partial charge in [0.2, 0.25) is 0 Å². The van der Waals surface area contributed by atoms with Crippen molar-refractivity contribution in [2.45, 2.75) is 31.3 Å². The van der Waals surface area contributed by atoms with Crippen LogP contribution in [0.25, 0.3) is 0 Å². The third-order valence-electron chi connectivity index (χ3n) is 8.60. The van der Waals surface area contributed by atoms with Crippen LogP contribution < -0.4 is 0 Å². The Bertz CT molecular complexity index is 1150. The summed E-state index contributed by atoms with van der Waals surface area (Å²) in [5.41, 5.74) is 6.32. The van der Waals surface area contributed by atoms with E-state index in [1.165, 1.54) is 33.4 Å². The topological polar surface area (TPSA) is 92.3 Å². The Morgan fingerprint density at radius 1 is 0.435 bits per heavy atom. The highest BCUT2D eigenvalue weighted by Crippen LogP contribution is 2.62. The summed E-state index contributed by atoms with van der Waals surface area (Å²) >= 11 is 0. The van der Waals surface area contributed by atoms with Crippen molar-refractivity contribution in [2.75, 3.05) is 126 Å². The van der Waals surface area contributed by atoms with Gasteiger partial charge in [0.15, 0.2) is 0 Å². The number of fused-ring (bicyclic) bond motifs is 2. The average Bonchev–Trinajstić information content (AvgIpc) is 3.05. The van der Waals surface area contributed by atoms with E-state index in [9.17, 15) is 0 Å². The molecule has 1 aromatic carbocycles. The summed E-state index contributed by atoms with van der Waals surface area (Å²) in [6.45, 7) is 14.3. The van der Waals surface area contributed by atoms with Crippen LogP contribution in [0.3, 0.4) is 0 Å². The van der Waals surface area contributed by atoms with Crippen LogP contribution in [0, 0.1) is 6.92 Å². The van der Waals surface area contributed by atoms with Crippen molar-refractivity contribution >= 4 is 0 Å². The number of allylic oxidation sites excluding steroid dienone is 2. The van der Waals surface area contributed by atoms with Gasteiger partial charge in [-0.2, -0.15) is 0 Å². The van der Waals surface area contributed by atoms with Gasteiger partial charge in [-0.15, -0.1) is 0 Å². The summed E-state index contributed by atoms with van der Waals surface area (Å²) in [6.07, 6.45) is 7.55. The summed E-state index contributed by atoms with van der Waals surface area (Å²) in [7, 11) is 0. The molecule has 0 radical (unpaired) electrons. The van der Waals surface area contributed by atoms with Gasteiger partial charge < -0.3 is 47.4 Å². The molecular formula is C36H52O10. The van der Waals surface area contributed by atoms with Crippen molar-refractivity contribution in [1.29, 1.82) is 0 Å². The van der Waals surface area contributed by atoms with Crippen LogP contribution in [-0.2, 0) is 52.8 Å². The highest BCUT2D eigenvalue weighted by molar-refractivity contribution is 5.73. The summed E-state index contributed by atoms with van der Waals surface area (Å²) in [5.74, 6) is 0. The molecule has 0 aromatic heterocycles. The van der Waals surface area contributed by atoms with Crippen LogP contribution in [0.5, 0.6) is 0 Å². The molecule has 1 heterocycles. The molecule has 10 nitrogen and oxygen atoms in total. The molecule has 46 heavy (non-hydrogen) atoms. The highest BCUT2D eigenvalue weighted by Gasteiger charge is 2.65. The second-order valence-electron chi connectivity index (χ2n) is 11.9. The number of hydrogen-bond donors (Lipinski definition) is 0. The van der Waals surface area contributed by atoms with E-state index in [0.717, 1.165) is 6.42 Å². The molecule has 1 unspecified atom stereocenters. The van der Waals surface area contributed by atoms with E-state index in [1.54, 1.807) is 0 Å². The van der Waals surface area contributed by atoms with Crippen LogP contribution in [0.1, 0.15) is 30.0 Å². The molecule has 10 heteroatoms. The van der Waals surface area contributed by atoms with E-state index in [2.05, 4.69) is 50.3 Å². The molecule has 0 saturated carbocycles. The number of benzene rings is 1. The molecule has 1 atom stereocenters. The summed E-state index contributed by atoms with van der Waals surface area (Å²) < 4.78 is 58.6. The predicted molar refractivity (Wildman–Crippen MR) is 173 cm³/mol. The van der Waals surface area contributed by atoms with Crippen LogP contribution in [0.15, 0.2) is 53.1 Å². The molecule has 1 saturated heterocycles. The Morgan fingerprint density at radius 2 is 0.848 bits per heavy atom. The zero-order valence-corrected chi connectivity index (χ0v) is 27.7. The van der Waals surface area contributed by atoms with Gasteiger partial charge in [-0.05, 0) is 48.6 Å². The second-order valence-corrected chi connectivity index (χ2v) is 11.9. The molecule has 2 spiro atoms. The van der Waals surface area contributed by atoms with E-state index < -0.39 is 11.0 Å². The molecule has 6 rings (SSSR count). The third kappa shape index (κ3) is 8.73. The summed E-state index contributed by atoms with van der Waals surface area (Å²) in [6, 6.07) is 6.78. The first kappa shape index (κ1) is 35.3. The Balaban J connectivity index is 1.14. The number of ether oxygens (including phenoxy) is 10. The van der Waals surface area contributed by atoms with Gasteiger partial charge in [-0.3, -0.25) is 0 Å². The number of aryl methyl sites for hydroxylation is 1. The normalized spacial score (nSPS) is 27.1. The van der Waals surface area contributed by atoms with Crippen molar-refractivity contribution in [3.63, 3.8) is 0 Å². The van der Waals surface area contributed by atoms with Gasteiger partial charge in [-0.25, -0.2) is 0 Å². The van der Waals surface area contributed by atoms with Crippen molar-refractivity contribution in [1.82, 2.24) is 0 Å². The molecule has 1 fully saturated rings. The monoisotopic (exact) mass is 644 g/mol. The Labute approximate surface area is 273 Å². The molecule has 4 bridgehead atoms. The van der Waals surface area contributed by atoms with E-state index >= 15 is 0 Å². The fraction of sp³-hybridized carbons (Fsp3) is 0.667. The Morgan fingerprint density at radius 3 is 1.30 bits per heavy atom. The lowest BCUT2D eigenvalue weighted by atomic mass is 9.48. The molecular weight excluding hydrogens is 592 g/mol. The maximum atomic E-state index is 6.89. The van der Waals surface area contributed by atoms with E-state index in [-0.39, 0.29) is 0 Å². The Kier molecular flexibility index (Phi) is 14.3. The van der Waals surface area contributed by atoms with E-state index in [4.69, 9.17) is 47.4 Å². The third-order valence-corrected chi connectivity index (χ3v) is 8.60. The van der Waals surface area contributed by atoms with Crippen molar-refractivity contribution in [2.24, 2.45) is 0 Å². The summed E-state index contributed by atoms with van der Waals surface area (Å²) in [5, 5.41) is 0. The van der Waals surface area contributed by atoms with Crippen molar-refractivity contribution < 1.29 is 47.4 Å². The SMILES string of the molecule is Cc1cc2cc(c1)C21COCCOCCOCCOCCOCCCOCCOCCOCCOCCOC12c1cc(C)cc2c1. The molecule has 0 amide bonds. The number of rotatable bonds is 0. The van der Waals surface area contributed by atoms with Gasteiger partial charge in [0.25, 0.3) is 0 Å². The van der Waals surface area contributed by atoms with Crippen LogP contribution in [0.4, 0.5) is 0 Å². The average molecular weight is 645 g/mol. The predicted octanol–water partition coefficient (Wildman–Crippen LogP) is 3.73.